The van der Waals surface area contributed by atoms with Crippen LogP contribution in [0.3, 0.4) is 0 Å². The molecule has 4 aromatic rings. The van der Waals surface area contributed by atoms with Gasteiger partial charge in [0.2, 0.25) is 5.88 Å². The second kappa shape index (κ2) is 16.5. The van der Waals surface area contributed by atoms with Gasteiger partial charge in [0.25, 0.3) is 5.91 Å². The molecule has 2 atom stereocenters. The summed E-state index contributed by atoms with van der Waals surface area (Å²) in [4.78, 5) is 37.1. The molecule has 2 unspecified atom stereocenters. The second-order valence-corrected chi connectivity index (χ2v) is 17.2. The molecule has 16 heteroatoms. The van der Waals surface area contributed by atoms with Crippen molar-refractivity contribution in [3.8, 4) is 11.7 Å². The van der Waals surface area contributed by atoms with Crippen molar-refractivity contribution >= 4 is 41.4 Å². The summed E-state index contributed by atoms with van der Waals surface area (Å²) in [5.74, 6) is 1.05. The minimum absolute atomic E-state index is 0.0596. The molecule has 2 amide bonds. The van der Waals surface area contributed by atoms with Crippen LogP contribution in [-0.2, 0) is 4.74 Å². The van der Waals surface area contributed by atoms with Gasteiger partial charge in [0.15, 0.2) is 5.82 Å². The topological polar surface area (TPSA) is 124 Å². The predicted octanol–water partition coefficient (Wildman–Crippen LogP) is 9.49. The number of halogens is 4. The number of anilines is 1. The fourth-order valence-electron chi connectivity index (χ4n) is 7.07. The maximum Gasteiger partial charge on any atom is 0.410 e. The first-order valence-electron chi connectivity index (χ1n) is 18.6. The Kier molecular flexibility index (Phi) is 12.1. The van der Waals surface area contributed by atoms with Gasteiger partial charge in [0.1, 0.15) is 21.6 Å². The number of nitrogens with zero attached hydrogens (tertiary/aromatic N) is 5. The van der Waals surface area contributed by atoms with Gasteiger partial charge in [-0.2, -0.15) is 13.2 Å². The third kappa shape index (κ3) is 10.1. The van der Waals surface area contributed by atoms with Crippen LogP contribution in [-0.4, -0.2) is 73.7 Å². The molecule has 56 heavy (non-hydrogen) atoms. The number of hydrogen-bond donors (Lipinski definition) is 2. The monoisotopic (exact) mass is 813 g/mol. The zero-order chi connectivity index (χ0) is 40.3. The number of hydrogen-bond acceptors (Lipinski definition) is 9. The van der Waals surface area contributed by atoms with Crippen molar-refractivity contribution in [2.75, 3.05) is 25.0 Å². The number of benzene rings is 1. The molecule has 2 fully saturated rings. The fourth-order valence-corrected chi connectivity index (χ4v) is 7.90. The Morgan fingerprint density at radius 3 is 2.45 bits per heavy atom. The number of carbonyl (C=O) groups excluding carboxylic acids is 2. The number of nitrogens with one attached hydrogen (secondary N) is 2. The number of ether oxygens (including phenoxy) is 2. The summed E-state index contributed by atoms with van der Waals surface area (Å²) >= 11 is 7.44. The fraction of sp³-hybridized carbons (Fsp3) is 0.475. The highest BCUT2D eigenvalue weighted by Crippen LogP contribution is 2.59. The molecule has 11 nitrogen and oxygen atoms in total. The minimum atomic E-state index is -4.24. The molecule has 1 saturated carbocycles. The van der Waals surface area contributed by atoms with E-state index in [-0.39, 0.29) is 65.9 Å². The lowest BCUT2D eigenvalue weighted by atomic mass is 9.80. The van der Waals surface area contributed by atoms with Crippen LogP contribution in [0.5, 0.6) is 5.88 Å². The molecule has 0 bridgehead atoms. The van der Waals surface area contributed by atoms with Crippen molar-refractivity contribution in [3.63, 3.8) is 0 Å². The number of rotatable bonds is 14. The molecule has 1 aliphatic carbocycles. The molecule has 0 radical (unpaired) electrons. The summed E-state index contributed by atoms with van der Waals surface area (Å²) in [6, 6.07) is 20.4. The van der Waals surface area contributed by atoms with Crippen LogP contribution in [0.25, 0.3) is 5.82 Å². The van der Waals surface area contributed by atoms with Gasteiger partial charge in [-0.25, -0.2) is 19.4 Å². The van der Waals surface area contributed by atoms with E-state index in [0.717, 1.165) is 24.8 Å². The highest BCUT2D eigenvalue weighted by Gasteiger charge is 2.62. The van der Waals surface area contributed by atoms with Crippen LogP contribution in [0.2, 0.25) is 5.15 Å². The molecule has 1 aromatic carbocycles. The average Bonchev–Trinajstić information content (AvgIpc) is 3.67. The molecular formula is C40H47ClF3N7O4S. The van der Waals surface area contributed by atoms with Crippen molar-refractivity contribution < 1.29 is 32.2 Å². The molecule has 4 heterocycles. The van der Waals surface area contributed by atoms with Gasteiger partial charge >= 0.3 is 12.3 Å². The van der Waals surface area contributed by atoms with E-state index >= 15 is 0 Å². The van der Waals surface area contributed by atoms with Crippen molar-refractivity contribution in [1.82, 2.24) is 29.4 Å². The molecule has 6 rings (SSSR count). The summed E-state index contributed by atoms with van der Waals surface area (Å²) in [6.07, 6.45) is -1.23. The van der Waals surface area contributed by atoms with E-state index < -0.39 is 23.1 Å². The molecule has 3 aromatic heterocycles. The first kappa shape index (κ1) is 41.1. The number of carbonyl (C=O) groups is 2. The summed E-state index contributed by atoms with van der Waals surface area (Å²) in [5, 5.41) is 8.16. The Morgan fingerprint density at radius 1 is 1.02 bits per heavy atom. The zero-order valence-electron chi connectivity index (χ0n) is 32.0. The van der Waals surface area contributed by atoms with Crippen LogP contribution in [0, 0.1) is 11.3 Å². The van der Waals surface area contributed by atoms with E-state index in [0.29, 0.717) is 29.8 Å². The number of pyridine rings is 2. The second-order valence-electron chi connectivity index (χ2n) is 16.0. The molecule has 300 valence electrons. The van der Waals surface area contributed by atoms with Gasteiger partial charge in [0.05, 0.1) is 17.6 Å². The first-order valence-corrected chi connectivity index (χ1v) is 19.8. The van der Waals surface area contributed by atoms with Crippen molar-refractivity contribution in [2.45, 2.75) is 95.0 Å². The maximum absolute atomic E-state index is 13.2. The maximum atomic E-state index is 13.2. The highest BCUT2D eigenvalue weighted by atomic mass is 35.5. The van der Waals surface area contributed by atoms with Gasteiger partial charge in [-0.3, -0.25) is 9.52 Å². The molecule has 1 saturated heterocycles. The molecule has 2 aliphatic rings. The zero-order valence-corrected chi connectivity index (χ0v) is 33.6. The van der Waals surface area contributed by atoms with Crippen LogP contribution >= 0.6 is 23.5 Å². The third-order valence-electron chi connectivity index (χ3n) is 10.2. The van der Waals surface area contributed by atoms with E-state index in [2.05, 4.69) is 51.1 Å². The largest absolute Gasteiger partial charge is 0.477 e. The standard InChI is InChI=1S/C40H47ClF3N7O4S/c1-37(2,3)55-36(53)50-25-27(24-38(50,4)5)28(26-10-7-6-8-11-26)16-21-45-30-12-9-13-33(46-30)56-49-35(52)29-14-15-31(47-34(29)41)51-22-17-32(48-51)54-23-20-39(18-19-39)40(42,43)44/h6-15,17,22,27-28H,16,18-21,23-25H2,1-5H3,(H,45,46)(H,49,52). The Balaban J connectivity index is 1.01. The Bertz CT molecular complexity index is 2000. The van der Waals surface area contributed by atoms with Crippen LogP contribution in [0.4, 0.5) is 23.8 Å². The Labute approximate surface area is 334 Å². The Morgan fingerprint density at radius 2 is 1.77 bits per heavy atom. The SMILES string of the molecule is CC(C)(C)OC(=O)N1CC(C(CCNc2cccc(SNC(=O)c3ccc(-n4ccc(OCCC5(C(F)(F)F)CC5)n4)nc3Cl)n2)c2ccccc2)CC1(C)C. The van der Waals surface area contributed by atoms with E-state index in [1.165, 1.54) is 22.4 Å². The van der Waals surface area contributed by atoms with E-state index in [1.54, 1.807) is 18.3 Å². The van der Waals surface area contributed by atoms with Crippen molar-refractivity contribution in [3.05, 3.63) is 89.2 Å². The summed E-state index contributed by atoms with van der Waals surface area (Å²) < 4.78 is 55.0. The first-order chi connectivity index (χ1) is 26.4. The van der Waals surface area contributed by atoms with E-state index in [4.69, 9.17) is 21.1 Å². The van der Waals surface area contributed by atoms with Gasteiger partial charge in [-0.05, 0) is 108 Å². The van der Waals surface area contributed by atoms with E-state index in [9.17, 15) is 22.8 Å². The number of amides is 2. The third-order valence-corrected chi connectivity index (χ3v) is 11.2. The predicted molar refractivity (Wildman–Crippen MR) is 209 cm³/mol. The minimum Gasteiger partial charge on any atom is -0.477 e. The average molecular weight is 814 g/mol. The van der Waals surface area contributed by atoms with Crippen LogP contribution in [0.15, 0.2) is 78.0 Å². The van der Waals surface area contributed by atoms with E-state index in [1.807, 2.05) is 56.0 Å². The van der Waals surface area contributed by atoms with Gasteiger partial charge in [0, 0.05) is 42.8 Å². The lowest BCUT2D eigenvalue weighted by Crippen LogP contribution is -2.45. The number of alkyl halides is 3. The lowest BCUT2D eigenvalue weighted by molar-refractivity contribution is -0.190. The van der Waals surface area contributed by atoms with Crippen LogP contribution in [0.1, 0.15) is 88.6 Å². The van der Waals surface area contributed by atoms with Gasteiger partial charge in [-0.15, -0.1) is 5.10 Å². The molecular weight excluding hydrogens is 767 g/mol. The molecule has 1 aliphatic heterocycles. The van der Waals surface area contributed by atoms with Crippen LogP contribution < -0.4 is 14.8 Å². The normalized spacial score (nSPS) is 17.9. The quantitative estimate of drug-likeness (QED) is 0.0947. The highest BCUT2D eigenvalue weighted by molar-refractivity contribution is 7.97. The summed E-state index contributed by atoms with van der Waals surface area (Å²) in [6.45, 7) is 11.0. The smallest absolute Gasteiger partial charge is 0.410 e. The number of likely N-dealkylation sites (tertiary alicyclic amines) is 1. The van der Waals surface area contributed by atoms with Crippen molar-refractivity contribution in [2.24, 2.45) is 11.3 Å². The molecule has 2 N–H and O–H groups in total. The van der Waals surface area contributed by atoms with Gasteiger partial charge in [-0.1, -0.05) is 48.0 Å². The van der Waals surface area contributed by atoms with Gasteiger partial charge < -0.3 is 19.7 Å². The lowest BCUT2D eigenvalue weighted by Gasteiger charge is -2.33. The summed E-state index contributed by atoms with van der Waals surface area (Å²) in [5.41, 5.74) is -1.22. The Hall–Kier alpha value is -4.50. The number of aromatic nitrogens is 4. The molecule has 0 spiro atoms. The summed E-state index contributed by atoms with van der Waals surface area (Å²) in [7, 11) is 0. The van der Waals surface area contributed by atoms with Crippen molar-refractivity contribution in [1.29, 1.82) is 0 Å².